The zero-order valence-corrected chi connectivity index (χ0v) is 15.4. The number of benzene rings is 2. The molecule has 0 bridgehead atoms. The smallest absolute Gasteiger partial charge is 0.250 e. The highest BCUT2D eigenvalue weighted by molar-refractivity contribution is 6.32. The number of aryl methyl sites for hydroxylation is 2. The molecule has 5 nitrogen and oxygen atoms in total. The SMILES string of the molecule is Cc1ccc(NC(=O)COCC(=O)Nc2ccc(C)c(Cl)c2)cc1Cl. The van der Waals surface area contributed by atoms with E-state index in [1.165, 1.54) is 0 Å². The van der Waals surface area contributed by atoms with Gasteiger partial charge in [0.15, 0.2) is 0 Å². The monoisotopic (exact) mass is 380 g/mol. The van der Waals surface area contributed by atoms with Crippen LogP contribution in [-0.4, -0.2) is 25.0 Å². The fraction of sp³-hybridized carbons (Fsp3) is 0.222. The molecule has 0 unspecified atom stereocenters. The average molecular weight is 381 g/mol. The zero-order chi connectivity index (χ0) is 18.4. The summed E-state index contributed by atoms with van der Waals surface area (Å²) in [5.74, 6) is -0.739. The zero-order valence-electron chi connectivity index (χ0n) is 13.9. The third kappa shape index (κ3) is 6.05. The minimum absolute atomic E-state index is 0.242. The van der Waals surface area contributed by atoms with Crippen molar-refractivity contribution in [3.8, 4) is 0 Å². The van der Waals surface area contributed by atoms with Crippen LogP contribution in [0.25, 0.3) is 0 Å². The van der Waals surface area contributed by atoms with Crippen LogP contribution in [0.15, 0.2) is 36.4 Å². The van der Waals surface area contributed by atoms with E-state index in [0.29, 0.717) is 21.4 Å². The number of carbonyl (C=O) groups excluding carboxylic acids is 2. The third-order valence-electron chi connectivity index (χ3n) is 3.38. The van der Waals surface area contributed by atoms with Gasteiger partial charge in [-0.15, -0.1) is 0 Å². The van der Waals surface area contributed by atoms with E-state index in [1.54, 1.807) is 36.4 Å². The number of rotatable bonds is 6. The Labute approximate surface area is 156 Å². The molecule has 132 valence electrons. The molecular formula is C18H18Cl2N2O3. The molecule has 25 heavy (non-hydrogen) atoms. The number of carbonyl (C=O) groups is 2. The fourth-order valence-corrected chi connectivity index (χ4v) is 2.33. The van der Waals surface area contributed by atoms with Crippen molar-refractivity contribution in [2.24, 2.45) is 0 Å². The first-order valence-electron chi connectivity index (χ1n) is 7.55. The van der Waals surface area contributed by atoms with Crippen LogP contribution >= 0.6 is 23.2 Å². The lowest BCUT2D eigenvalue weighted by Crippen LogP contribution is -2.24. The van der Waals surface area contributed by atoms with Crippen LogP contribution in [0, 0.1) is 13.8 Å². The van der Waals surface area contributed by atoms with E-state index in [1.807, 2.05) is 13.8 Å². The summed E-state index contributed by atoms with van der Waals surface area (Å²) in [7, 11) is 0. The quantitative estimate of drug-likeness (QED) is 0.788. The molecule has 2 N–H and O–H groups in total. The molecule has 2 amide bonds. The Kier molecular flexibility index (Phi) is 6.82. The molecule has 0 aromatic heterocycles. The Morgan fingerprint density at radius 2 is 1.24 bits per heavy atom. The van der Waals surface area contributed by atoms with Gasteiger partial charge in [-0.2, -0.15) is 0 Å². The van der Waals surface area contributed by atoms with Gasteiger partial charge in [0, 0.05) is 21.4 Å². The maximum absolute atomic E-state index is 11.8. The molecule has 0 aliphatic heterocycles. The topological polar surface area (TPSA) is 67.4 Å². The second kappa shape index (κ2) is 8.85. The molecule has 0 heterocycles. The number of anilines is 2. The van der Waals surface area contributed by atoms with Crippen molar-refractivity contribution in [3.63, 3.8) is 0 Å². The molecule has 2 rings (SSSR count). The Hall–Kier alpha value is -2.08. The molecule has 0 aliphatic carbocycles. The van der Waals surface area contributed by atoms with Crippen LogP contribution in [0.3, 0.4) is 0 Å². The molecule has 0 saturated carbocycles. The number of halogens is 2. The summed E-state index contributed by atoms with van der Waals surface area (Å²) in [5.41, 5.74) is 2.98. The van der Waals surface area contributed by atoms with Gasteiger partial charge in [-0.3, -0.25) is 9.59 Å². The number of nitrogens with one attached hydrogen (secondary N) is 2. The van der Waals surface area contributed by atoms with E-state index in [4.69, 9.17) is 27.9 Å². The van der Waals surface area contributed by atoms with E-state index >= 15 is 0 Å². The normalized spacial score (nSPS) is 10.4. The summed E-state index contributed by atoms with van der Waals surface area (Å²) < 4.78 is 5.12. The molecule has 0 aliphatic rings. The van der Waals surface area contributed by atoms with Crippen molar-refractivity contribution >= 4 is 46.4 Å². The highest BCUT2D eigenvalue weighted by atomic mass is 35.5. The van der Waals surface area contributed by atoms with Gasteiger partial charge in [0.25, 0.3) is 0 Å². The van der Waals surface area contributed by atoms with Gasteiger partial charge in [0.05, 0.1) is 0 Å². The minimum atomic E-state index is -0.369. The van der Waals surface area contributed by atoms with Crippen LogP contribution in [0.5, 0.6) is 0 Å². The van der Waals surface area contributed by atoms with Gasteiger partial charge >= 0.3 is 0 Å². The second-order valence-electron chi connectivity index (χ2n) is 5.52. The van der Waals surface area contributed by atoms with Gasteiger partial charge in [0.1, 0.15) is 13.2 Å². The maximum Gasteiger partial charge on any atom is 0.250 e. The number of hydrogen-bond acceptors (Lipinski definition) is 3. The van der Waals surface area contributed by atoms with E-state index in [0.717, 1.165) is 11.1 Å². The van der Waals surface area contributed by atoms with Gasteiger partial charge in [0.2, 0.25) is 11.8 Å². The Bertz CT molecular complexity index is 728. The van der Waals surface area contributed by atoms with Crippen LogP contribution in [0.4, 0.5) is 11.4 Å². The van der Waals surface area contributed by atoms with E-state index in [9.17, 15) is 9.59 Å². The molecule has 2 aromatic carbocycles. The lowest BCUT2D eigenvalue weighted by atomic mass is 10.2. The predicted molar refractivity (Wildman–Crippen MR) is 100 cm³/mol. The molecule has 2 aromatic rings. The molecule has 0 saturated heterocycles. The van der Waals surface area contributed by atoms with Crippen molar-refractivity contribution in [1.82, 2.24) is 0 Å². The molecule has 0 fully saturated rings. The maximum atomic E-state index is 11.8. The van der Waals surface area contributed by atoms with Crippen LogP contribution < -0.4 is 10.6 Å². The molecule has 7 heteroatoms. The van der Waals surface area contributed by atoms with E-state index in [-0.39, 0.29) is 25.0 Å². The summed E-state index contributed by atoms with van der Waals surface area (Å²) in [5, 5.41) is 6.43. The largest absolute Gasteiger partial charge is 0.362 e. The Morgan fingerprint density at radius 1 is 0.840 bits per heavy atom. The first-order valence-corrected chi connectivity index (χ1v) is 8.30. The minimum Gasteiger partial charge on any atom is -0.362 e. The highest BCUT2D eigenvalue weighted by Crippen LogP contribution is 2.20. The lowest BCUT2D eigenvalue weighted by Gasteiger charge is -2.09. The first kappa shape index (κ1) is 19.2. The van der Waals surface area contributed by atoms with Crippen molar-refractivity contribution in [2.45, 2.75) is 13.8 Å². The van der Waals surface area contributed by atoms with Crippen LogP contribution in [0.1, 0.15) is 11.1 Å². The Morgan fingerprint density at radius 3 is 1.60 bits per heavy atom. The molecule has 0 radical (unpaired) electrons. The molecular weight excluding hydrogens is 363 g/mol. The molecule has 0 atom stereocenters. The van der Waals surface area contributed by atoms with Gasteiger partial charge in [-0.25, -0.2) is 0 Å². The first-order chi connectivity index (χ1) is 11.8. The fourth-order valence-electron chi connectivity index (χ4n) is 1.97. The average Bonchev–Trinajstić information content (AvgIpc) is 2.54. The van der Waals surface area contributed by atoms with Crippen molar-refractivity contribution < 1.29 is 14.3 Å². The Balaban J connectivity index is 1.75. The number of amides is 2. The van der Waals surface area contributed by atoms with E-state index in [2.05, 4.69) is 10.6 Å². The van der Waals surface area contributed by atoms with Crippen molar-refractivity contribution in [1.29, 1.82) is 0 Å². The highest BCUT2D eigenvalue weighted by Gasteiger charge is 2.08. The summed E-state index contributed by atoms with van der Waals surface area (Å²) in [4.78, 5) is 23.6. The number of hydrogen-bond donors (Lipinski definition) is 2. The van der Waals surface area contributed by atoms with Crippen molar-refractivity contribution in [3.05, 3.63) is 57.6 Å². The summed E-state index contributed by atoms with van der Waals surface area (Å²) in [6, 6.07) is 10.4. The number of ether oxygens (including phenoxy) is 1. The third-order valence-corrected chi connectivity index (χ3v) is 4.19. The van der Waals surface area contributed by atoms with Gasteiger partial charge in [-0.1, -0.05) is 35.3 Å². The predicted octanol–water partition coefficient (Wildman–Crippen LogP) is 4.20. The van der Waals surface area contributed by atoms with Gasteiger partial charge < -0.3 is 15.4 Å². The van der Waals surface area contributed by atoms with Crippen LogP contribution in [-0.2, 0) is 14.3 Å². The summed E-state index contributed by atoms with van der Waals surface area (Å²) in [6.07, 6.45) is 0. The summed E-state index contributed by atoms with van der Waals surface area (Å²) in [6.45, 7) is 3.26. The standard InChI is InChI=1S/C18H18Cl2N2O3/c1-11-3-5-13(7-15(11)19)21-17(23)9-25-10-18(24)22-14-6-4-12(2)16(20)8-14/h3-8H,9-10H2,1-2H3,(H,21,23)(H,22,24). The van der Waals surface area contributed by atoms with Gasteiger partial charge in [-0.05, 0) is 49.2 Å². The van der Waals surface area contributed by atoms with Crippen molar-refractivity contribution in [2.75, 3.05) is 23.8 Å². The van der Waals surface area contributed by atoms with E-state index < -0.39 is 0 Å². The van der Waals surface area contributed by atoms with Crippen LogP contribution in [0.2, 0.25) is 10.0 Å². The summed E-state index contributed by atoms with van der Waals surface area (Å²) >= 11 is 12.0. The lowest BCUT2D eigenvalue weighted by molar-refractivity contribution is -0.125. The second-order valence-corrected chi connectivity index (χ2v) is 6.33. The molecule has 0 spiro atoms.